The van der Waals surface area contributed by atoms with E-state index in [1.807, 2.05) is 12.1 Å². The molecule has 0 saturated heterocycles. The Morgan fingerprint density at radius 2 is 1.95 bits per heavy atom. The van der Waals surface area contributed by atoms with Gasteiger partial charge in [0.1, 0.15) is 25.4 Å². The molecule has 114 valence electrons. The molecule has 1 aromatic rings. The maximum atomic E-state index is 5.84. The first kappa shape index (κ1) is 17.0. The fourth-order valence-electron chi connectivity index (χ4n) is 2.01. The van der Waals surface area contributed by atoms with Gasteiger partial charge in [-0.3, -0.25) is 0 Å². The monoisotopic (exact) mass is 282 g/mol. The lowest BCUT2D eigenvalue weighted by atomic mass is 9.98. The van der Waals surface area contributed by atoms with Crippen molar-refractivity contribution in [2.24, 2.45) is 0 Å². The largest absolute Gasteiger partial charge is 0.491 e. The second-order valence-corrected chi connectivity index (χ2v) is 5.03. The number of ether oxygens (including phenoxy) is 2. The molecule has 0 radical (unpaired) electrons. The van der Waals surface area contributed by atoms with Crippen molar-refractivity contribution in [1.29, 1.82) is 0 Å². The van der Waals surface area contributed by atoms with Crippen LogP contribution >= 0.6 is 0 Å². The fraction of sp³-hybridized carbons (Fsp3) is 0.625. The van der Waals surface area contributed by atoms with Crippen molar-refractivity contribution in [1.82, 2.24) is 0 Å². The Bertz CT molecular complexity index is 358. The molecule has 0 aliphatic carbocycles. The summed E-state index contributed by atoms with van der Waals surface area (Å²) in [5, 5.41) is 2.23. The van der Waals surface area contributed by atoms with E-state index in [0.29, 0.717) is 19.1 Å². The zero-order valence-corrected chi connectivity index (χ0v) is 12.9. The summed E-state index contributed by atoms with van der Waals surface area (Å²) in [5.41, 5.74) is 5.09. The van der Waals surface area contributed by atoms with Gasteiger partial charge >= 0.3 is 0 Å². The zero-order chi connectivity index (χ0) is 14.6. The average molecular weight is 282 g/mol. The summed E-state index contributed by atoms with van der Waals surface area (Å²) >= 11 is 0. The van der Waals surface area contributed by atoms with E-state index in [-0.39, 0.29) is 0 Å². The van der Waals surface area contributed by atoms with Crippen LogP contribution in [-0.4, -0.2) is 39.5 Å². The van der Waals surface area contributed by atoms with Gasteiger partial charge < -0.3 is 20.5 Å². The Labute approximate surface area is 122 Å². The maximum absolute atomic E-state index is 5.84. The normalized spacial score (nSPS) is 12.3. The number of rotatable bonds is 11. The second-order valence-electron chi connectivity index (χ2n) is 5.03. The van der Waals surface area contributed by atoms with Gasteiger partial charge in [0.15, 0.2) is 0 Å². The lowest BCUT2D eigenvalue weighted by Gasteiger charge is -2.15. The van der Waals surface area contributed by atoms with Crippen molar-refractivity contribution in [3.63, 3.8) is 0 Å². The molecule has 1 atom stereocenters. The Morgan fingerprint density at radius 1 is 1.15 bits per heavy atom. The smallest absolute Gasteiger partial charge is 0.125 e. The Hall–Kier alpha value is -1.10. The molecule has 0 amide bonds. The van der Waals surface area contributed by atoms with Gasteiger partial charge in [0, 0.05) is 0 Å². The predicted octanol–water partition coefficient (Wildman–Crippen LogP) is 0.401. The standard InChI is InChI=1S/C16H28N2O2/c1-3-14(2)15-6-4-5-7-16(15)20-13-12-19-11-10-18-9-8-17/h4-7,14,18H,3,8-13,17H2,1-2H3/p+2/t14-/m0/s1. The Kier molecular flexibility index (Phi) is 9.04. The van der Waals surface area contributed by atoms with Crippen LogP contribution in [-0.2, 0) is 4.74 Å². The average Bonchev–Trinajstić information content (AvgIpc) is 2.49. The number of para-hydroxylation sites is 1. The number of hydrogen-bond acceptors (Lipinski definition) is 2. The molecular weight excluding hydrogens is 252 g/mol. The van der Waals surface area contributed by atoms with Gasteiger partial charge in [-0.25, -0.2) is 0 Å². The van der Waals surface area contributed by atoms with Crippen LogP contribution in [0.4, 0.5) is 0 Å². The van der Waals surface area contributed by atoms with Gasteiger partial charge in [0.2, 0.25) is 0 Å². The topological polar surface area (TPSA) is 62.7 Å². The highest BCUT2D eigenvalue weighted by molar-refractivity contribution is 5.35. The van der Waals surface area contributed by atoms with Gasteiger partial charge in [-0.15, -0.1) is 0 Å². The van der Waals surface area contributed by atoms with E-state index < -0.39 is 0 Å². The van der Waals surface area contributed by atoms with Crippen LogP contribution in [0.5, 0.6) is 5.75 Å². The highest BCUT2D eigenvalue weighted by Gasteiger charge is 2.09. The van der Waals surface area contributed by atoms with Gasteiger partial charge in [-0.1, -0.05) is 32.0 Å². The molecule has 1 rings (SSSR count). The van der Waals surface area contributed by atoms with Gasteiger partial charge in [-0.05, 0) is 24.0 Å². The second kappa shape index (κ2) is 10.7. The number of benzene rings is 1. The lowest BCUT2D eigenvalue weighted by molar-refractivity contribution is -0.671. The van der Waals surface area contributed by atoms with E-state index in [1.54, 1.807) is 0 Å². The van der Waals surface area contributed by atoms with Crippen LogP contribution in [0.15, 0.2) is 24.3 Å². The van der Waals surface area contributed by atoms with E-state index in [0.717, 1.165) is 38.4 Å². The van der Waals surface area contributed by atoms with Gasteiger partial charge in [0.25, 0.3) is 0 Å². The quantitative estimate of drug-likeness (QED) is 0.577. The van der Waals surface area contributed by atoms with Crippen molar-refractivity contribution in [3.8, 4) is 5.75 Å². The minimum atomic E-state index is 0.532. The minimum Gasteiger partial charge on any atom is -0.491 e. The lowest BCUT2D eigenvalue weighted by Crippen LogP contribution is -2.88. The molecule has 0 saturated carbocycles. The summed E-state index contributed by atoms with van der Waals surface area (Å²) in [5.74, 6) is 1.53. The number of nitrogens with two attached hydrogens (primary N) is 1. The van der Waals surface area contributed by atoms with Crippen LogP contribution in [0.25, 0.3) is 0 Å². The molecule has 0 aromatic heterocycles. The van der Waals surface area contributed by atoms with E-state index in [9.17, 15) is 0 Å². The van der Waals surface area contributed by atoms with Crippen molar-refractivity contribution >= 4 is 0 Å². The first-order valence-electron chi connectivity index (χ1n) is 7.70. The highest BCUT2D eigenvalue weighted by atomic mass is 16.5. The SMILES string of the molecule is CC[C@H](C)c1ccccc1OCCOCC[NH2+]CC[NH3+]. The van der Waals surface area contributed by atoms with Gasteiger partial charge in [0.05, 0.1) is 19.8 Å². The number of hydrogen-bond donors (Lipinski definition) is 2. The van der Waals surface area contributed by atoms with Crippen LogP contribution in [0.2, 0.25) is 0 Å². The Balaban J connectivity index is 2.22. The van der Waals surface area contributed by atoms with Crippen LogP contribution < -0.4 is 15.8 Å². The van der Waals surface area contributed by atoms with E-state index in [2.05, 4.69) is 37.0 Å². The third kappa shape index (κ3) is 6.37. The van der Waals surface area contributed by atoms with E-state index in [4.69, 9.17) is 9.47 Å². The fourth-order valence-corrected chi connectivity index (χ4v) is 2.01. The summed E-state index contributed by atoms with van der Waals surface area (Å²) in [6.07, 6.45) is 1.12. The van der Waals surface area contributed by atoms with Crippen molar-refractivity contribution in [3.05, 3.63) is 29.8 Å². The maximum Gasteiger partial charge on any atom is 0.125 e. The first-order valence-corrected chi connectivity index (χ1v) is 7.70. The van der Waals surface area contributed by atoms with Crippen LogP contribution in [0.1, 0.15) is 31.7 Å². The van der Waals surface area contributed by atoms with Crippen molar-refractivity contribution in [2.45, 2.75) is 26.2 Å². The molecular formula is C16H30N2O2+2. The van der Waals surface area contributed by atoms with E-state index >= 15 is 0 Å². The van der Waals surface area contributed by atoms with Crippen LogP contribution in [0.3, 0.4) is 0 Å². The summed E-state index contributed by atoms with van der Waals surface area (Å²) in [4.78, 5) is 0. The molecule has 0 heterocycles. The summed E-state index contributed by atoms with van der Waals surface area (Å²) in [7, 11) is 0. The van der Waals surface area contributed by atoms with Crippen LogP contribution in [0, 0.1) is 0 Å². The molecule has 0 aliphatic heterocycles. The van der Waals surface area contributed by atoms with Gasteiger partial charge in [-0.2, -0.15) is 0 Å². The van der Waals surface area contributed by atoms with Crippen molar-refractivity contribution in [2.75, 3.05) is 39.5 Å². The van der Waals surface area contributed by atoms with E-state index in [1.165, 1.54) is 5.56 Å². The third-order valence-electron chi connectivity index (χ3n) is 3.42. The molecule has 0 spiro atoms. The molecule has 5 N–H and O–H groups in total. The molecule has 0 unspecified atom stereocenters. The Morgan fingerprint density at radius 3 is 2.70 bits per heavy atom. The molecule has 20 heavy (non-hydrogen) atoms. The summed E-state index contributed by atoms with van der Waals surface area (Å²) in [6.45, 7) is 9.51. The minimum absolute atomic E-state index is 0.532. The molecule has 4 nitrogen and oxygen atoms in total. The predicted molar refractivity (Wildman–Crippen MR) is 80.9 cm³/mol. The van der Waals surface area contributed by atoms with Crippen molar-refractivity contribution < 1.29 is 20.5 Å². The zero-order valence-electron chi connectivity index (χ0n) is 12.9. The summed E-state index contributed by atoms with van der Waals surface area (Å²) in [6, 6.07) is 8.29. The number of quaternary nitrogens is 2. The molecule has 0 aliphatic rings. The highest BCUT2D eigenvalue weighted by Crippen LogP contribution is 2.28. The first-order chi connectivity index (χ1) is 9.79. The molecule has 0 bridgehead atoms. The molecule has 1 aromatic carbocycles. The molecule has 4 heteroatoms. The third-order valence-corrected chi connectivity index (χ3v) is 3.42. The summed E-state index contributed by atoms with van der Waals surface area (Å²) < 4.78 is 11.4. The molecule has 0 fully saturated rings.